The number of fused-ring (bicyclic) bond motifs is 3. The summed E-state index contributed by atoms with van der Waals surface area (Å²) >= 11 is 0. The molecule has 1 unspecified atom stereocenters. The Labute approximate surface area is 197 Å². The lowest BCUT2D eigenvalue weighted by atomic mass is 9.86. The number of benzene rings is 3. The number of primary sulfonamides is 1. The fourth-order valence-electron chi connectivity index (χ4n) is 4.38. The lowest BCUT2D eigenvalue weighted by molar-refractivity contribution is 0.242. The number of sulfonamides is 1. The minimum atomic E-state index is -3.70. The molecule has 1 aliphatic rings. The Kier molecular flexibility index (Phi) is 5.55. The lowest BCUT2D eigenvalue weighted by Crippen LogP contribution is -2.18. The molecule has 2 heterocycles. The monoisotopic (exact) mass is 477 g/mol. The van der Waals surface area contributed by atoms with E-state index in [0.717, 1.165) is 27.8 Å². The van der Waals surface area contributed by atoms with Gasteiger partial charge in [0.2, 0.25) is 10.0 Å². The van der Waals surface area contributed by atoms with Crippen LogP contribution in [0, 0.1) is 0 Å². The second kappa shape index (κ2) is 8.55. The summed E-state index contributed by atoms with van der Waals surface area (Å²) in [6, 6.07) is 20.7. The molecule has 5 rings (SSSR count). The zero-order valence-corrected chi connectivity index (χ0v) is 19.5. The minimum absolute atomic E-state index is 0.272. The molecule has 0 radical (unpaired) electrons. The standard InChI is InChI=1S/C26H23NO6S/c1-30-22-11-9-17(14-24(22)31-2)26-20-13-16(15-34(27,28)29)8-10-18(20)25-19(21-7-4-12-32-21)5-3-6-23(25)33-26/h3-14,26H,15H2,1-2H3,(H2,27,28,29). The average Bonchev–Trinajstić information content (AvgIpc) is 3.36. The van der Waals surface area contributed by atoms with Crippen molar-refractivity contribution in [1.82, 2.24) is 0 Å². The molecular formula is C26H23NO6S. The molecule has 8 heteroatoms. The molecule has 0 saturated carbocycles. The Hall–Kier alpha value is -3.75. The second-order valence-electron chi connectivity index (χ2n) is 8.00. The van der Waals surface area contributed by atoms with E-state index in [-0.39, 0.29) is 5.75 Å². The van der Waals surface area contributed by atoms with Gasteiger partial charge in [-0.1, -0.05) is 36.4 Å². The molecule has 4 aromatic rings. The second-order valence-corrected chi connectivity index (χ2v) is 9.61. The molecule has 0 aliphatic carbocycles. The molecule has 1 aliphatic heterocycles. The first-order valence-electron chi connectivity index (χ1n) is 10.6. The maximum absolute atomic E-state index is 11.8. The van der Waals surface area contributed by atoms with E-state index in [1.807, 2.05) is 60.7 Å². The lowest BCUT2D eigenvalue weighted by Gasteiger charge is -2.31. The molecule has 3 aromatic carbocycles. The predicted molar refractivity (Wildman–Crippen MR) is 128 cm³/mol. The van der Waals surface area contributed by atoms with Crippen LogP contribution in [0.1, 0.15) is 22.8 Å². The predicted octanol–water partition coefficient (Wildman–Crippen LogP) is 4.90. The van der Waals surface area contributed by atoms with Crippen LogP contribution in [0.5, 0.6) is 17.2 Å². The van der Waals surface area contributed by atoms with Gasteiger partial charge in [-0.05, 0) is 41.5 Å². The number of hydrogen-bond donors (Lipinski definition) is 1. The van der Waals surface area contributed by atoms with E-state index in [1.165, 1.54) is 0 Å². The number of methoxy groups -OCH3 is 2. The summed E-state index contributed by atoms with van der Waals surface area (Å²) < 4.78 is 46.6. The van der Waals surface area contributed by atoms with E-state index in [4.69, 9.17) is 23.8 Å². The van der Waals surface area contributed by atoms with Gasteiger partial charge in [0.05, 0.1) is 26.2 Å². The van der Waals surface area contributed by atoms with Crippen LogP contribution in [-0.2, 0) is 15.8 Å². The first-order chi connectivity index (χ1) is 16.4. The quantitative estimate of drug-likeness (QED) is 0.424. The summed E-state index contributed by atoms with van der Waals surface area (Å²) in [5.74, 6) is 2.31. The Balaban J connectivity index is 1.72. The third kappa shape index (κ3) is 4.02. The highest BCUT2D eigenvalue weighted by molar-refractivity contribution is 7.88. The third-order valence-corrected chi connectivity index (χ3v) is 6.54. The van der Waals surface area contributed by atoms with Crippen LogP contribution in [0.15, 0.2) is 77.4 Å². The van der Waals surface area contributed by atoms with E-state index in [9.17, 15) is 8.42 Å². The van der Waals surface area contributed by atoms with Crippen molar-refractivity contribution in [3.05, 3.63) is 89.7 Å². The van der Waals surface area contributed by atoms with Crippen LogP contribution in [-0.4, -0.2) is 22.6 Å². The molecular weight excluding hydrogens is 454 g/mol. The van der Waals surface area contributed by atoms with Crippen molar-refractivity contribution in [2.75, 3.05) is 14.2 Å². The molecule has 2 N–H and O–H groups in total. The smallest absolute Gasteiger partial charge is 0.213 e. The summed E-state index contributed by atoms with van der Waals surface area (Å²) in [5.41, 5.74) is 4.92. The summed E-state index contributed by atoms with van der Waals surface area (Å²) in [6.07, 6.45) is 1.12. The Morgan fingerprint density at radius 1 is 0.912 bits per heavy atom. The SMILES string of the molecule is COc1ccc(C2Oc3cccc(-c4ccco4)c3-c3ccc(CS(N)(=O)=O)cc32)cc1OC. The molecule has 1 aromatic heterocycles. The minimum Gasteiger partial charge on any atom is -0.493 e. The van der Waals surface area contributed by atoms with E-state index in [2.05, 4.69) is 0 Å². The van der Waals surface area contributed by atoms with Crippen molar-refractivity contribution < 1.29 is 27.0 Å². The van der Waals surface area contributed by atoms with E-state index in [1.54, 1.807) is 26.5 Å². The first kappa shape index (κ1) is 22.1. The molecule has 7 nitrogen and oxygen atoms in total. The van der Waals surface area contributed by atoms with Crippen molar-refractivity contribution in [1.29, 1.82) is 0 Å². The number of furan rings is 1. The van der Waals surface area contributed by atoms with E-state index < -0.39 is 16.1 Å². The van der Waals surface area contributed by atoms with Crippen LogP contribution in [0.25, 0.3) is 22.5 Å². The third-order valence-electron chi connectivity index (χ3n) is 5.80. The highest BCUT2D eigenvalue weighted by Gasteiger charge is 2.31. The zero-order valence-electron chi connectivity index (χ0n) is 18.6. The largest absolute Gasteiger partial charge is 0.493 e. The molecule has 34 heavy (non-hydrogen) atoms. The van der Waals surface area contributed by atoms with Gasteiger partial charge in [-0.2, -0.15) is 0 Å². The van der Waals surface area contributed by atoms with Gasteiger partial charge in [0, 0.05) is 22.3 Å². The molecule has 0 spiro atoms. The van der Waals surface area contributed by atoms with E-state index in [0.29, 0.717) is 28.6 Å². The molecule has 1 atom stereocenters. The zero-order chi connectivity index (χ0) is 23.9. The number of nitrogens with two attached hydrogens (primary N) is 1. The van der Waals surface area contributed by atoms with Gasteiger partial charge in [-0.15, -0.1) is 0 Å². The topological polar surface area (TPSA) is 101 Å². The Bertz CT molecular complexity index is 1460. The van der Waals surface area contributed by atoms with Gasteiger partial charge in [0.15, 0.2) is 11.5 Å². The fourth-order valence-corrected chi connectivity index (χ4v) is 5.02. The van der Waals surface area contributed by atoms with Crippen LogP contribution < -0.4 is 19.3 Å². The number of rotatable bonds is 6. The normalized spacial score (nSPS) is 14.6. The van der Waals surface area contributed by atoms with Crippen molar-refractivity contribution in [2.24, 2.45) is 5.14 Å². The van der Waals surface area contributed by atoms with Gasteiger partial charge < -0.3 is 18.6 Å². The summed E-state index contributed by atoms with van der Waals surface area (Å²) in [6.45, 7) is 0. The van der Waals surface area contributed by atoms with Gasteiger partial charge in [0.25, 0.3) is 0 Å². The Morgan fingerprint density at radius 2 is 1.74 bits per heavy atom. The van der Waals surface area contributed by atoms with Gasteiger partial charge in [0.1, 0.15) is 17.6 Å². The van der Waals surface area contributed by atoms with Gasteiger partial charge in [-0.25, -0.2) is 13.6 Å². The van der Waals surface area contributed by atoms with Crippen molar-refractivity contribution in [2.45, 2.75) is 11.9 Å². The first-order valence-corrected chi connectivity index (χ1v) is 12.3. The maximum atomic E-state index is 11.8. The molecule has 0 amide bonds. The molecule has 0 fully saturated rings. The van der Waals surface area contributed by atoms with Gasteiger partial charge >= 0.3 is 0 Å². The van der Waals surface area contributed by atoms with Crippen molar-refractivity contribution in [3.63, 3.8) is 0 Å². The molecule has 174 valence electrons. The van der Waals surface area contributed by atoms with Crippen LogP contribution in [0.2, 0.25) is 0 Å². The maximum Gasteiger partial charge on any atom is 0.213 e. The highest BCUT2D eigenvalue weighted by atomic mass is 32.2. The van der Waals surface area contributed by atoms with Crippen LogP contribution in [0.4, 0.5) is 0 Å². The highest BCUT2D eigenvalue weighted by Crippen LogP contribution is 2.49. The van der Waals surface area contributed by atoms with E-state index >= 15 is 0 Å². The fraction of sp³-hybridized carbons (Fsp3) is 0.154. The molecule has 0 saturated heterocycles. The molecule has 0 bridgehead atoms. The average molecular weight is 478 g/mol. The Morgan fingerprint density at radius 3 is 2.44 bits per heavy atom. The van der Waals surface area contributed by atoms with Crippen molar-refractivity contribution in [3.8, 4) is 39.7 Å². The van der Waals surface area contributed by atoms with Crippen LogP contribution >= 0.6 is 0 Å². The summed E-state index contributed by atoms with van der Waals surface area (Å²) in [7, 11) is -0.547. The summed E-state index contributed by atoms with van der Waals surface area (Å²) in [5, 5.41) is 5.32. The van der Waals surface area contributed by atoms with Gasteiger partial charge in [-0.3, -0.25) is 0 Å². The summed E-state index contributed by atoms with van der Waals surface area (Å²) in [4.78, 5) is 0. The van der Waals surface area contributed by atoms with Crippen molar-refractivity contribution >= 4 is 10.0 Å². The number of hydrogen-bond acceptors (Lipinski definition) is 6. The van der Waals surface area contributed by atoms with Crippen LogP contribution in [0.3, 0.4) is 0 Å². The number of ether oxygens (including phenoxy) is 3.